The summed E-state index contributed by atoms with van der Waals surface area (Å²) in [6.45, 7) is 5.16. The standard InChI is InChI=1S/C19H22FN3O2/c1-14-3-2-4-17(22-14)19(24)21-13-18(23-9-11-25-12-10-23)15-5-7-16(20)8-6-15/h2-8,18H,9-13H2,1H3,(H,21,24)/t18-/m0/s1. The fourth-order valence-corrected chi connectivity index (χ4v) is 2.98. The van der Waals surface area contributed by atoms with Crippen LogP contribution in [0.5, 0.6) is 0 Å². The Labute approximate surface area is 146 Å². The molecule has 0 radical (unpaired) electrons. The maximum Gasteiger partial charge on any atom is 0.269 e. The average molecular weight is 343 g/mol. The van der Waals surface area contributed by atoms with Crippen LogP contribution in [-0.4, -0.2) is 48.6 Å². The minimum absolute atomic E-state index is 0.0294. The predicted molar refractivity (Wildman–Crippen MR) is 92.8 cm³/mol. The molecular weight excluding hydrogens is 321 g/mol. The molecule has 25 heavy (non-hydrogen) atoms. The van der Waals surface area contributed by atoms with Crippen LogP contribution in [0.4, 0.5) is 4.39 Å². The third-order valence-electron chi connectivity index (χ3n) is 4.32. The molecule has 132 valence electrons. The number of carbonyl (C=O) groups is 1. The molecule has 5 nitrogen and oxygen atoms in total. The third kappa shape index (κ3) is 4.61. The number of amides is 1. The van der Waals surface area contributed by atoms with Gasteiger partial charge in [-0.3, -0.25) is 9.69 Å². The summed E-state index contributed by atoms with van der Waals surface area (Å²) in [4.78, 5) is 18.9. The van der Waals surface area contributed by atoms with E-state index in [0.717, 1.165) is 24.3 Å². The maximum absolute atomic E-state index is 13.3. The SMILES string of the molecule is Cc1cccc(C(=O)NC[C@@H](c2ccc(F)cc2)N2CCOCC2)n1. The Morgan fingerprint density at radius 3 is 2.64 bits per heavy atom. The van der Waals surface area contributed by atoms with Crippen molar-refractivity contribution < 1.29 is 13.9 Å². The fourth-order valence-electron chi connectivity index (χ4n) is 2.98. The van der Waals surface area contributed by atoms with Crippen molar-refractivity contribution >= 4 is 5.91 Å². The zero-order chi connectivity index (χ0) is 17.6. The second kappa shape index (κ2) is 8.18. The molecule has 0 spiro atoms. The summed E-state index contributed by atoms with van der Waals surface area (Å²) in [5, 5.41) is 2.96. The molecule has 0 bridgehead atoms. The van der Waals surface area contributed by atoms with Gasteiger partial charge in [0.25, 0.3) is 5.91 Å². The van der Waals surface area contributed by atoms with Gasteiger partial charge in [-0.05, 0) is 36.8 Å². The van der Waals surface area contributed by atoms with E-state index < -0.39 is 0 Å². The van der Waals surface area contributed by atoms with E-state index in [2.05, 4.69) is 15.2 Å². The number of nitrogens with zero attached hydrogens (tertiary/aromatic N) is 2. The number of pyridine rings is 1. The number of aromatic nitrogens is 1. The highest BCUT2D eigenvalue weighted by molar-refractivity contribution is 5.92. The van der Waals surface area contributed by atoms with Gasteiger partial charge in [0.1, 0.15) is 11.5 Å². The number of nitrogens with one attached hydrogen (secondary N) is 1. The summed E-state index contributed by atoms with van der Waals surface area (Å²) in [6.07, 6.45) is 0. The van der Waals surface area contributed by atoms with Gasteiger partial charge in [0.05, 0.1) is 19.3 Å². The molecule has 2 aromatic rings. The highest BCUT2D eigenvalue weighted by Gasteiger charge is 2.23. The number of carbonyl (C=O) groups excluding carboxylic acids is 1. The van der Waals surface area contributed by atoms with Gasteiger partial charge in [-0.15, -0.1) is 0 Å². The molecule has 1 aromatic carbocycles. The molecule has 1 saturated heterocycles. The van der Waals surface area contributed by atoms with Gasteiger partial charge in [0.2, 0.25) is 0 Å². The Hall–Kier alpha value is -2.31. The van der Waals surface area contributed by atoms with Crippen LogP contribution in [-0.2, 0) is 4.74 Å². The van der Waals surface area contributed by atoms with E-state index in [0.29, 0.717) is 25.5 Å². The van der Waals surface area contributed by atoms with Gasteiger partial charge in [0, 0.05) is 25.3 Å². The van der Waals surface area contributed by atoms with Gasteiger partial charge >= 0.3 is 0 Å². The molecule has 0 unspecified atom stereocenters. The van der Waals surface area contributed by atoms with Crippen LogP contribution in [0.25, 0.3) is 0 Å². The molecule has 1 aliphatic rings. The van der Waals surface area contributed by atoms with Crippen LogP contribution in [0.3, 0.4) is 0 Å². The first-order valence-electron chi connectivity index (χ1n) is 8.42. The lowest BCUT2D eigenvalue weighted by Crippen LogP contribution is -2.44. The van der Waals surface area contributed by atoms with Gasteiger partial charge in [0.15, 0.2) is 0 Å². The van der Waals surface area contributed by atoms with Crippen molar-refractivity contribution in [3.05, 3.63) is 65.2 Å². The average Bonchev–Trinajstić information content (AvgIpc) is 2.64. The molecule has 0 saturated carbocycles. The summed E-state index contributed by atoms with van der Waals surface area (Å²) in [5.41, 5.74) is 2.18. The predicted octanol–water partition coefficient (Wildman–Crippen LogP) is 2.33. The van der Waals surface area contributed by atoms with Gasteiger partial charge in [-0.1, -0.05) is 18.2 Å². The Balaban J connectivity index is 1.73. The third-order valence-corrected chi connectivity index (χ3v) is 4.32. The first-order valence-corrected chi connectivity index (χ1v) is 8.42. The minimum atomic E-state index is -0.266. The number of hydrogen-bond donors (Lipinski definition) is 1. The van der Waals surface area contributed by atoms with Crippen LogP contribution in [0, 0.1) is 12.7 Å². The lowest BCUT2D eigenvalue weighted by Gasteiger charge is -2.34. The van der Waals surface area contributed by atoms with Crippen LogP contribution in [0.1, 0.15) is 27.8 Å². The molecule has 3 rings (SSSR count). The van der Waals surface area contributed by atoms with Crippen molar-refractivity contribution in [2.24, 2.45) is 0 Å². The van der Waals surface area contributed by atoms with E-state index in [9.17, 15) is 9.18 Å². The normalized spacial score (nSPS) is 16.4. The number of morpholine rings is 1. The van der Waals surface area contributed by atoms with Gasteiger partial charge < -0.3 is 10.1 Å². The number of aryl methyl sites for hydroxylation is 1. The largest absolute Gasteiger partial charge is 0.379 e. The van der Waals surface area contributed by atoms with Crippen molar-refractivity contribution in [3.8, 4) is 0 Å². The van der Waals surface area contributed by atoms with Crippen LogP contribution in [0.2, 0.25) is 0 Å². The molecule has 1 amide bonds. The smallest absolute Gasteiger partial charge is 0.269 e. The molecule has 0 aliphatic carbocycles. The van der Waals surface area contributed by atoms with Gasteiger partial charge in [-0.25, -0.2) is 9.37 Å². The Bertz CT molecular complexity index is 715. The van der Waals surface area contributed by atoms with Crippen molar-refractivity contribution in [2.75, 3.05) is 32.8 Å². The van der Waals surface area contributed by atoms with E-state index in [4.69, 9.17) is 4.74 Å². The summed E-state index contributed by atoms with van der Waals surface area (Å²) in [5.74, 6) is -0.471. The Morgan fingerprint density at radius 2 is 1.96 bits per heavy atom. The monoisotopic (exact) mass is 343 g/mol. The van der Waals surface area contributed by atoms with E-state index >= 15 is 0 Å². The van der Waals surface area contributed by atoms with E-state index in [1.165, 1.54) is 12.1 Å². The summed E-state index contributed by atoms with van der Waals surface area (Å²) in [7, 11) is 0. The minimum Gasteiger partial charge on any atom is -0.379 e. The number of halogens is 1. The molecule has 1 fully saturated rings. The maximum atomic E-state index is 13.3. The van der Waals surface area contributed by atoms with Crippen molar-refractivity contribution in [1.29, 1.82) is 0 Å². The molecular formula is C19H22FN3O2. The number of hydrogen-bond acceptors (Lipinski definition) is 4. The molecule has 1 aromatic heterocycles. The molecule has 2 heterocycles. The summed E-state index contributed by atoms with van der Waals surface area (Å²) in [6, 6.07) is 11.8. The van der Waals surface area contributed by atoms with Crippen LogP contribution < -0.4 is 5.32 Å². The van der Waals surface area contributed by atoms with Crippen molar-refractivity contribution in [2.45, 2.75) is 13.0 Å². The second-order valence-corrected chi connectivity index (χ2v) is 6.09. The number of ether oxygens (including phenoxy) is 1. The molecule has 1 N–H and O–H groups in total. The fraction of sp³-hybridized carbons (Fsp3) is 0.368. The van der Waals surface area contributed by atoms with Crippen molar-refractivity contribution in [1.82, 2.24) is 15.2 Å². The van der Waals surface area contributed by atoms with E-state index in [1.54, 1.807) is 18.2 Å². The zero-order valence-corrected chi connectivity index (χ0v) is 14.2. The van der Waals surface area contributed by atoms with E-state index in [1.807, 2.05) is 19.1 Å². The topological polar surface area (TPSA) is 54.5 Å². The molecule has 6 heteroatoms. The van der Waals surface area contributed by atoms with Gasteiger partial charge in [-0.2, -0.15) is 0 Å². The van der Waals surface area contributed by atoms with Crippen LogP contribution in [0.15, 0.2) is 42.5 Å². The second-order valence-electron chi connectivity index (χ2n) is 6.09. The molecule has 1 aliphatic heterocycles. The Morgan fingerprint density at radius 1 is 1.24 bits per heavy atom. The zero-order valence-electron chi connectivity index (χ0n) is 14.2. The highest BCUT2D eigenvalue weighted by Crippen LogP contribution is 2.21. The highest BCUT2D eigenvalue weighted by atomic mass is 19.1. The quantitative estimate of drug-likeness (QED) is 0.905. The van der Waals surface area contributed by atoms with Crippen LogP contribution >= 0.6 is 0 Å². The lowest BCUT2D eigenvalue weighted by atomic mass is 10.0. The Kier molecular flexibility index (Phi) is 5.73. The summed E-state index contributed by atoms with van der Waals surface area (Å²) >= 11 is 0. The first kappa shape index (κ1) is 17.5. The van der Waals surface area contributed by atoms with E-state index in [-0.39, 0.29) is 17.8 Å². The molecule has 1 atom stereocenters. The lowest BCUT2D eigenvalue weighted by molar-refractivity contribution is 0.0162. The number of benzene rings is 1. The van der Waals surface area contributed by atoms with Crippen molar-refractivity contribution in [3.63, 3.8) is 0 Å². The first-order chi connectivity index (χ1) is 12.1. The number of rotatable bonds is 5. The summed E-state index contributed by atoms with van der Waals surface area (Å²) < 4.78 is 18.7.